The number of nitrogens with zero attached hydrogens (tertiary/aromatic N) is 1. The molecule has 0 aliphatic heterocycles. The molecule has 0 heterocycles. The van der Waals surface area contributed by atoms with Crippen molar-refractivity contribution in [2.45, 2.75) is 115 Å². The van der Waals surface area contributed by atoms with Crippen molar-refractivity contribution in [3.05, 3.63) is 71.8 Å². The monoisotopic (exact) mass is 699 g/mol. The zero-order chi connectivity index (χ0) is 34.9. The van der Waals surface area contributed by atoms with Gasteiger partial charge in [0.15, 0.2) is 22.4 Å². The highest BCUT2D eigenvalue weighted by Gasteiger charge is 2.49. The number of carbonyl (C=O) groups excluding carboxylic acids is 1. The molecule has 1 aliphatic rings. The van der Waals surface area contributed by atoms with Gasteiger partial charge in [0.05, 0.1) is 24.4 Å². The highest BCUT2D eigenvalue weighted by atomic mass is 32.2. The van der Waals surface area contributed by atoms with Crippen LogP contribution in [0.15, 0.2) is 66.2 Å². The first-order chi connectivity index (χ1) is 20.9. The van der Waals surface area contributed by atoms with Crippen molar-refractivity contribution < 1.29 is 39.4 Å². The average molecular weight is 700 g/mol. The molecule has 0 radical (unpaired) electrons. The SMILES string of the molecule is CC(C)(C)[Si](C)(C)O[C@@H]1CC=C(C(=O)N(Cc2ccccc2)c2ccccc2OS(=O)(=O)C(F)(F)F)C[C@H]1O[Si](C)(C)C(C)(C)C. The van der Waals surface area contributed by atoms with Crippen LogP contribution in [0.5, 0.6) is 5.75 Å². The van der Waals surface area contributed by atoms with E-state index in [2.05, 4.69) is 71.9 Å². The largest absolute Gasteiger partial charge is 0.534 e. The molecule has 0 saturated carbocycles. The lowest BCUT2D eigenvalue weighted by Gasteiger charge is -2.46. The van der Waals surface area contributed by atoms with Gasteiger partial charge in [0.25, 0.3) is 5.91 Å². The summed E-state index contributed by atoms with van der Waals surface area (Å²) >= 11 is 0. The molecule has 2 atom stereocenters. The number of alkyl halides is 3. The summed E-state index contributed by atoms with van der Waals surface area (Å²) in [6.07, 6.45) is 1.72. The molecule has 3 rings (SSSR count). The molecule has 2 aromatic carbocycles. The van der Waals surface area contributed by atoms with E-state index in [-0.39, 0.29) is 34.8 Å². The third kappa shape index (κ3) is 8.91. The molecular weight excluding hydrogens is 652 g/mol. The van der Waals surface area contributed by atoms with Crippen molar-refractivity contribution in [1.82, 2.24) is 0 Å². The fraction of sp³-hybridized carbons (Fsp3) is 0.545. The van der Waals surface area contributed by atoms with Gasteiger partial charge >= 0.3 is 15.6 Å². The van der Waals surface area contributed by atoms with E-state index in [1.807, 2.05) is 6.08 Å². The van der Waals surface area contributed by atoms with Crippen LogP contribution >= 0.6 is 0 Å². The Morgan fingerprint density at radius 2 is 1.33 bits per heavy atom. The van der Waals surface area contributed by atoms with E-state index in [1.165, 1.54) is 23.1 Å². The van der Waals surface area contributed by atoms with Crippen LogP contribution in [-0.4, -0.2) is 48.7 Å². The summed E-state index contributed by atoms with van der Waals surface area (Å²) in [7, 11) is -10.6. The summed E-state index contributed by atoms with van der Waals surface area (Å²) in [6.45, 7) is 21.5. The summed E-state index contributed by atoms with van der Waals surface area (Å²) in [4.78, 5) is 15.7. The number of hydrogen-bond acceptors (Lipinski definition) is 6. The molecule has 0 unspecified atom stereocenters. The molecule has 0 N–H and O–H groups in total. The molecule has 46 heavy (non-hydrogen) atoms. The maximum Gasteiger partial charge on any atom is 0.534 e. The molecule has 1 amide bonds. The van der Waals surface area contributed by atoms with Gasteiger partial charge < -0.3 is 17.9 Å². The molecule has 1 aliphatic carbocycles. The lowest BCUT2D eigenvalue weighted by atomic mass is 9.93. The summed E-state index contributed by atoms with van der Waals surface area (Å²) in [5.74, 6) is -1.09. The number of rotatable bonds is 10. The summed E-state index contributed by atoms with van der Waals surface area (Å²) in [5, 5.41) is -0.166. The van der Waals surface area contributed by atoms with Crippen molar-refractivity contribution in [3.8, 4) is 5.75 Å². The zero-order valence-corrected chi connectivity index (χ0v) is 31.3. The van der Waals surface area contributed by atoms with E-state index in [9.17, 15) is 26.4 Å². The summed E-state index contributed by atoms with van der Waals surface area (Å²) < 4.78 is 82.3. The number of anilines is 1. The minimum Gasteiger partial charge on any atom is -0.411 e. The Morgan fingerprint density at radius 1 is 0.826 bits per heavy atom. The molecule has 0 spiro atoms. The van der Waals surface area contributed by atoms with Crippen molar-refractivity contribution in [2.24, 2.45) is 0 Å². The van der Waals surface area contributed by atoms with Gasteiger partial charge in [0, 0.05) is 12.0 Å². The highest BCUT2D eigenvalue weighted by molar-refractivity contribution is 7.88. The van der Waals surface area contributed by atoms with Crippen LogP contribution in [0.4, 0.5) is 18.9 Å². The third-order valence-electron chi connectivity index (χ3n) is 9.28. The van der Waals surface area contributed by atoms with Crippen LogP contribution in [0, 0.1) is 0 Å². The van der Waals surface area contributed by atoms with Crippen LogP contribution in [0.2, 0.25) is 36.3 Å². The number of carbonyl (C=O) groups is 1. The molecule has 2 aromatic rings. The number of para-hydroxylation sites is 2. The normalized spacial score (nSPS) is 18.6. The first kappa shape index (κ1) is 38.0. The third-order valence-corrected chi connectivity index (χ3v) is 19.3. The quantitative estimate of drug-likeness (QED) is 0.140. The lowest BCUT2D eigenvalue weighted by molar-refractivity contribution is -0.116. The minimum absolute atomic E-state index is 0.0406. The standard InChI is InChI=1S/C33H48F3NO6SSi2/c1-31(2,3)45(7,8)42-28-21-20-25(22-29(28)43-46(9,10)32(4,5)6)30(38)37(23-24-16-12-11-13-17-24)26-18-14-15-19-27(26)41-44(39,40)33(34,35)36/h11-20,28-29H,21-23H2,1-10H3/t28-,29-/m1/s1. The number of hydrogen-bond donors (Lipinski definition) is 0. The van der Waals surface area contributed by atoms with E-state index in [0.717, 1.165) is 6.07 Å². The predicted octanol–water partition coefficient (Wildman–Crippen LogP) is 8.95. The molecule has 0 fully saturated rings. The molecule has 7 nitrogen and oxygen atoms in total. The van der Waals surface area contributed by atoms with Crippen molar-refractivity contribution >= 4 is 38.3 Å². The predicted molar refractivity (Wildman–Crippen MR) is 181 cm³/mol. The van der Waals surface area contributed by atoms with Gasteiger partial charge in [-0.2, -0.15) is 21.6 Å². The highest BCUT2D eigenvalue weighted by Crippen LogP contribution is 2.43. The van der Waals surface area contributed by atoms with Crippen LogP contribution in [0.1, 0.15) is 59.9 Å². The fourth-order valence-electron chi connectivity index (χ4n) is 4.49. The second-order valence-electron chi connectivity index (χ2n) is 14.8. The van der Waals surface area contributed by atoms with Crippen molar-refractivity contribution in [3.63, 3.8) is 0 Å². The summed E-state index contributed by atoms with van der Waals surface area (Å²) in [5.41, 5.74) is -4.66. The maximum absolute atomic E-state index is 14.4. The molecule has 256 valence electrons. The lowest BCUT2D eigenvalue weighted by Crippen LogP contribution is -2.53. The van der Waals surface area contributed by atoms with Crippen LogP contribution in [-0.2, 0) is 30.3 Å². The van der Waals surface area contributed by atoms with Crippen LogP contribution in [0.3, 0.4) is 0 Å². The topological polar surface area (TPSA) is 82.1 Å². The minimum atomic E-state index is -5.99. The molecular formula is C33H48F3NO6SSi2. The van der Waals surface area contributed by atoms with Crippen LogP contribution in [0.25, 0.3) is 0 Å². The Labute approximate surface area is 274 Å². The Kier molecular flexibility index (Phi) is 11.2. The maximum atomic E-state index is 14.4. The van der Waals surface area contributed by atoms with E-state index < -0.39 is 50.0 Å². The van der Waals surface area contributed by atoms with E-state index in [1.54, 1.807) is 30.3 Å². The molecule has 13 heteroatoms. The number of halogens is 3. The van der Waals surface area contributed by atoms with Gasteiger partial charge in [-0.25, -0.2) is 0 Å². The number of amides is 1. The molecule has 0 saturated heterocycles. The van der Waals surface area contributed by atoms with E-state index in [0.29, 0.717) is 17.6 Å². The molecule has 0 aromatic heterocycles. The van der Waals surface area contributed by atoms with Gasteiger partial charge in [0.1, 0.15) is 0 Å². The van der Waals surface area contributed by atoms with Gasteiger partial charge in [0.2, 0.25) is 0 Å². The summed E-state index contributed by atoms with van der Waals surface area (Å²) in [6, 6.07) is 14.2. The molecule has 0 bridgehead atoms. The van der Waals surface area contributed by atoms with Crippen molar-refractivity contribution in [1.29, 1.82) is 0 Å². The van der Waals surface area contributed by atoms with E-state index in [4.69, 9.17) is 8.85 Å². The van der Waals surface area contributed by atoms with Gasteiger partial charge in [-0.15, -0.1) is 0 Å². The average Bonchev–Trinajstić information content (AvgIpc) is 2.91. The first-order valence-corrected chi connectivity index (χ1v) is 22.6. The Bertz CT molecular complexity index is 1510. The Balaban J connectivity index is 2.09. The van der Waals surface area contributed by atoms with Crippen molar-refractivity contribution in [2.75, 3.05) is 4.90 Å². The first-order valence-electron chi connectivity index (χ1n) is 15.4. The Hall–Kier alpha value is -2.46. The smallest absolute Gasteiger partial charge is 0.411 e. The van der Waals surface area contributed by atoms with Crippen LogP contribution < -0.4 is 9.08 Å². The Morgan fingerprint density at radius 3 is 1.85 bits per heavy atom. The second-order valence-corrected chi connectivity index (χ2v) is 25.9. The number of benzene rings is 2. The second kappa shape index (κ2) is 13.6. The zero-order valence-electron chi connectivity index (χ0n) is 28.5. The fourth-order valence-corrected chi connectivity index (χ4v) is 7.67. The van der Waals surface area contributed by atoms with Gasteiger partial charge in [-0.05, 0) is 60.4 Å². The van der Waals surface area contributed by atoms with Gasteiger partial charge in [-0.1, -0.05) is 90.1 Å². The van der Waals surface area contributed by atoms with Gasteiger partial charge in [-0.3, -0.25) is 4.79 Å². The van der Waals surface area contributed by atoms with E-state index >= 15 is 0 Å².